The number of ether oxygens (including phenoxy) is 4. The van der Waals surface area contributed by atoms with Gasteiger partial charge in [-0.1, -0.05) is 11.6 Å². The van der Waals surface area contributed by atoms with Crippen molar-refractivity contribution in [2.75, 3.05) is 31.7 Å². The number of amides is 1. The van der Waals surface area contributed by atoms with Crippen molar-refractivity contribution in [2.45, 2.75) is 40.7 Å². The first kappa shape index (κ1) is 26.9. The molecule has 2 rings (SSSR count). The minimum Gasteiger partial charge on any atom is -0.494 e. The molecule has 0 aromatic heterocycles. The number of rotatable bonds is 13. The molecule has 1 atom stereocenters. The van der Waals surface area contributed by atoms with E-state index in [9.17, 15) is 9.59 Å². The van der Waals surface area contributed by atoms with E-state index in [1.165, 1.54) is 6.92 Å². The normalized spacial score (nSPS) is 11.7. The van der Waals surface area contributed by atoms with Crippen LogP contribution in [0, 0.1) is 0 Å². The van der Waals surface area contributed by atoms with Gasteiger partial charge in [0.05, 0.1) is 31.5 Å². The molecule has 0 saturated heterocycles. The lowest BCUT2D eigenvalue weighted by atomic mass is 10.2. The Hall–Kier alpha value is -3.33. The number of halogens is 1. The van der Waals surface area contributed by atoms with Gasteiger partial charge in [-0.15, -0.1) is 0 Å². The Balaban J connectivity index is 2.32. The molecule has 0 aliphatic carbocycles. The van der Waals surface area contributed by atoms with E-state index in [0.29, 0.717) is 55.1 Å². The van der Waals surface area contributed by atoms with Gasteiger partial charge >= 0.3 is 0 Å². The lowest BCUT2D eigenvalue weighted by molar-refractivity contribution is -0.126. The minimum atomic E-state index is -1.40. The maximum Gasteiger partial charge on any atom is 0.258 e. The highest BCUT2D eigenvalue weighted by Crippen LogP contribution is 2.37. The molecule has 1 unspecified atom stereocenters. The second-order valence-corrected chi connectivity index (χ2v) is 7.26. The number of nitrogens with one attached hydrogen (secondary N) is 1. The number of hydrogen-bond donors (Lipinski definition) is 1. The van der Waals surface area contributed by atoms with Gasteiger partial charge in [0.1, 0.15) is 34.4 Å². The molecule has 0 heterocycles. The van der Waals surface area contributed by atoms with Crippen LogP contribution in [-0.2, 0) is 9.59 Å². The predicted molar refractivity (Wildman–Crippen MR) is 130 cm³/mol. The van der Waals surface area contributed by atoms with E-state index in [1.54, 1.807) is 37.3 Å². The number of ketones is 1. The van der Waals surface area contributed by atoms with Crippen molar-refractivity contribution < 1.29 is 28.5 Å². The quantitative estimate of drug-likeness (QED) is 0.288. The first-order valence-electron chi connectivity index (χ1n) is 11.0. The van der Waals surface area contributed by atoms with Gasteiger partial charge in [0.15, 0.2) is 5.78 Å². The summed E-state index contributed by atoms with van der Waals surface area (Å²) >= 11 is 6.36. The van der Waals surface area contributed by atoms with E-state index in [4.69, 9.17) is 30.5 Å². The van der Waals surface area contributed by atoms with Gasteiger partial charge in [-0.2, -0.15) is 10.2 Å². The van der Waals surface area contributed by atoms with Gasteiger partial charge in [-0.3, -0.25) is 9.59 Å². The summed E-state index contributed by atoms with van der Waals surface area (Å²) in [5.74, 6) is 0.650. The Morgan fingerprint density at radius 1 is 0.882 bits per heavy atom. The zero-order valence-corrected chi connectivity index (χ0v) is 20.8. The van der Waals surface area contributed by atoms with Crippen molar-refractivity contribution >= 4 is 34.7 Å². The van der Waals surface area contributed by atoms with E-state index in [1.807, 2.05) is 20.8 Å². The molecule has 0 bridgehead atoms. The summed E-state index contributed by atoms with van der Waals surface area (Å²) in [6, 6.07) is 6.80. The van der Waals surface area contributed by atoms with E-state index in [0.717, 1.165) is 0 Å². The van der Waals surface area contributed by atoms with Crippen LogP contribution in [-0.4, -0.2) is 44.2 Å². The van der Waals surface area contributed by atoms with E-state index in [-0.39, 0.29) is 10.7 Å². The van der Waals surface area contributed by atoms with Gasteiger partial charge in [-0.25, -0.2) is 0 Å². The summed E-state index contributed by atoms with van der Waals surface area (Å²) in [4.78, 5) is 25.2. The number of azo groups is 1. The lowest BCUT2D eigenvalue weighted by Gasteiger charge is -2.16. The van der Waals surface area contributed by atoms with Gasteiger partial charge in [0.25, 0.3) is 5.91 Å². The van der Waals surface area contributed by atoms with Crippen LogP contribution in [0.25, 0.3) is 0 Å². The third kappa shape index (κ3) is 7.34. The van der Waals surface area contributed by atoms with Crippen molar-refractivity contribution in [2.24, 2.45) is 10.2 Å². The molecule has 184 valence electrons. The maximum absolute atomic E-state index is 13.0. The molecule has 2 aromatic carbocycles. The van der Waals surface area contributed by atoms with Crippen molar-refractivity contribution in [3.63, 3.8) is 0 Å². The summed E-state index contributed by atoms with van der Waals surface area (Å²) in [6.45, 7) is 10.3. The first-order valence-corrected chi connectivity index (χ1v) is 11.4. The molecule has 10 heteroatoms. The predicted octanol–water partition coefficient (Wildman–Crippen LogP) is 5.61. The Kier molecular flexibility index (Phi) is 10.6. The summed E-state index contributed by atoms with van der Waals surface area (Å²) in [5, 5.41) is 10.9. The largest absolute Gasteiger partial charge is 0.494 e. The number of benzene rings is 2. The fraction of sp³-hybridized carbons (Fsp3) is 0.417. The number of hydrogen-bond acceptors (Lipinski definition) is 8. The lowest BCUT2D eigenvalue weighted by Crippen LogP contribution is -2.32. The van der Waals surface area contributed by atoms with Crippen LogP contribution >= 0.6 is 11.6 Å². The third-order valence-corrected chi connectivity index (χ3v) is 4.64. The molecule has 0 spiro atoms. The average Bonchev–Trinajstić information content (AvgIpc) is 2.78. The highest BCUT2D eigenvalue weighted by atomic mass is 35.5. The molecule has 9 nitrogen and oxygen atoms in total. The third-order valence-electron chi connectivity index (χ3n) is 4.34. The second kappa shape index (κ2) is 13.4. The molecule has 1 amide bonds. The molecule has 34 heavy (non-hydrogen) atoms. The molecule has 0 saturated carbocycles. The number of carbonyl (C=O) groups is 2. The summed E-state index contributed by atoms with van der Waals surface area (Å²) < 4.78 is 22.2. The van der Waals surface area contributed by atoms with Crippen molar-refractivity contribution in [1.29, 1.82) is 0 Å². The molecule has 0 aliphatic heterocycles. The molecule has 2 aromatic rings. The molecule has 0 aliphatic rings. The van der Waals surface area contributed by atoms with Gasteiger partial charge < -0.3 is 24.3 Å². The number of nitrogens with zero attached hydrogens (tertiary/aromatic N) is 2. The van der Waals surface area contributed by atoms with Crippen molar-refractivity contribution in [3.8, 4) is 23.0 Å². The monoisotopic (exact) mass is 491 g/mol. The molecule has 1 N–H and O–H groups in total. The Morgan fingerprint density at radius 2 is 1.47 bits per heavy atom. The van der Waals surface area contributed by atoms with Gasteiger partial charge in [-0.05, 0) is 46.8 Å². The maximum atomic E-state index is 13.0. The van der Waals surface area contributed by atoms with Crippen molar-refractivity contribution in [3.05, 3.63) is 35.4 Å². The average molecular weight is 492 g/mol. The zero-order valence-electron chi connectivity index (χ0n) is 20.0. The number of anilines is 1. The highest BCUT2D eigenvalue weighted by molar-refractivity contribution is 6.34. The molecular formula is C24H30ClN3O6. The summed E-state index contributed by atoms with van der Waals surface area (Å²) in [6.07, 6.45) is 0. The molecule has 0 radical (unpaired) electrons. The fourth-order valence-electron chi connectivity index (χ4n) is 2.93. The topological polar surface area (TPSA) is 108 Å². The zero-order chi connectivity index (χ0) is 25.1. The SMILES string of the molecule is CCOc1ccc(N=NC(C(C)=O)C(=O)Nc2c(Cl)cc(OCC)cc2OCC)c(OCC)c1. The van der Waals surface area contributed by atoms with Crippen LogP contribution in [0.5, 0.6) is 23.0 Å². The fourth-order valence-corrected chi connectivity index (χ4v) is 3.18. The van der Waals surface area contributed by atoms with Crippen LogP contribution in [0.3, 0.4) is 0 Å². The van der Waals surface area contributed by atoms with Gasteiger partial charge in [0.2, 0.25) is 6.04 Å². The van der Waals surface area contributed by atoms with E-state index < -0.39 is 17.7 Å². The van der Waals surface area contributed by atoms with Crippen LogP contribution in [0.4, 0.5) is 11.4 Å². The second-order valence-electron chi connectivity index (χ2n) is 6.86. The molecule has 0 fully saturated rings. The smallest absolute Gasteiger partial charge is 0.258 e. The standard InChI is InChI=1S/C24H30ClN3O6/c1-6-31-16-10-11-19(20(13-16)33-8-3)27-28-22(15(5)29)24(30)26-23-18(25)12-17(32-7-2)14-21(23)34-9-4/h10-14,22H,6-9H2,1-5H3,(H,26,30). The van der Waals surface area contributed by atoms with E-state index in [2.05, 4.69) is 15.5 Å². The number of Topliss-reactive ketones (excluding diaryl/α,β-unsaturated/α-hetero) is 1. The van der Waals surface area contributed by atoms with Gasteiger partial charge in [0, 0.05) is 18.2 Å². The summed E-state index contributed by atoms with van der Waals surface area (Å²) in [5.41, 5.74) is 0.577. The van der Waals surface area contributed by atoms with E-state index >= 15 is 0 Å². The van der Waals surface area contributed by atoms with Crippen LogP contribution in [0.1, 0.15) is 34.6 Å². The van der Waals surface area contributed by atoms with Crippen LogP contribution in [0.15, 0.2) is 40.6 Å². The van der Waals surface area contributed by atoms with Crippen LogP contribution < -0.4 is 24.3 Å². The summed E-state index contributed by atoms with van der Waals surface area (Å²) in [7, 11) is 0. The highest BCUT2D eigenvalue weighted by Gasteiger charge is 2.26. The minimum absolute atomic E-state index is 0.201. The Labute approximate surface area is 204 Å². The van der Waals surface area contributed by atoms with Crippen molar-refractivity contribution in [1.82, 2.24) is 0 Å². The molecular weight excluding hydrogens is 462 g/mol. The van der Waals surface area contributed by atoms with Crippen LogP contribution in [0.2, 0.25) is 5.02 Å². The Morgan fingerprint density at radius 3 is 2.09 bits per heavy atom. The first-order chi connectivity index (χ1) is 16.3. The Bertz CT molecular complexity index is 1030. The number of carbonyl (C=O) groups excluding carboxylic acids is 2.